The maximum atomic E-state index is 12.3. The van der Waals surface area contributed by atoms with Crippen molar-refractivity contribution in [3.8, 4) is 5.75 Å². The molecule has 0 aromatic heterocycles. The molecule has 0 fully saturated rings. The van der Waals surface area contributed by atoms with Crippen LogP contribution >= 0.6 is 0 Å². The number of carbonyl (C=O) groups is 1. The van der Waals surface area contributed by atoms with Gasteiger partial charge in [-0.3, -0.25) is 4.79 Å². The van der Waals surface area contributed by atoms with Crippen LogP contribution < -0.4 is 10.1 Å². The number of hydrogen-bond acceptors (Lipinski definition) is 3. The van der Waals surface area contributed by atoms with Crippen LogP contribution in [0.2, 0.25) is 0 Å². The summed E-state index contributed by atoms with van der Waals surface area (Å²) in [5, 5.41) is 3.04. The highest BCUT2D eigenvalue weighted by Gasteiger charge is 2.22. The maximum absolute atomic E-state index is 12.3. The largest absolute Gasteiger partial charge is 0.493 e. The van der Waals surface area contributed by atoms with Gasteiger partial charge in [-0.2, -0.15) is 0 Å². The van der Waals surface area contributed by atoms with Gasteiger partial charge in [-0.05, 0) is 31.5 Å². The summed E-state index contributed by atoms with van der Waals surface area (Å²) >= 11 is 0. The second-order valence-electron chi connectivity index (χ2n) is 4.57. The maximum Gasteiger partial charge on any atom is 0.170 e. The van der Waals surface area contributed by atoms with E-state index in [0.717, 1.165) is 30.8 Å². The van der Waals surface area contributed by atoms with Gasteiger partial charge >= 0.3 is 0 Å². The van der Waals surface area contributed by atoms with E-state index in [-0.39, 0.29) is 11.7 Å². The van der Waals surface area contributed by atoms with Crippen molar-refractivity contribution in [3.63, 3.8) is 0 Å². The van der Waals surface area contributed by atoms with Gasteiger partial charge in [-0.1, -0.05) is 19.1 Å². The minimum absolute atomic E-state index is 0.0166. The molecular weight excluding hydrogens is 214 g/mol. The van der Waals surface area contributed by atoms with Crippen molar-refractivity contribution in [1.82, 2.24) is 5.32 Å². The zero-order chi connectivity index (χ0) is 12.3. The number of benzene rings is 1. The summed E-state index contributed by atoms with van der Waals surface area (Å²) in [7, 11) is 1.86. The Balaban J connectivity index is 2.29. The molecule has 0 saturated carbocycles. The first-order valence-corrected chi connectivity index (χ1v) is 6.17. The first kappa shape index (κ1) is 12.1. The molecule has 1 aliphatic rings. The predicted molar refractivity (Wildman–Crippen MR) is 67.7 cm³/mol. The summed E-state index contributed by atoms with van der Waals surface area (Å²) in [4.78, 5) is 12.3. The Bertz CT molecular complexity index is 415. The number of ketones is 1. The first-order valence-electron chi connectivity index (χ1n) is 6.17. The highest BCUT2D eigenvalue weighted by Crippen LogP contribution is 2.30. The van der Waals surface area contributed by atoms with Crippen molar-refractivity contribution in [2.75, 3.05) is 20.2 Å². The van der Waals surface area contributed by atoms with Crippen LogP contribution in [0.5, 0.6) is 5.75 Å². The van der Waals surface area contributed by atoms with Crippen molar-refractivity contribution < 1.29 is 9.53 Å². The zero-order valence-electron chi connectivity index (χ0n) is 10.5. The Labute approximate surface area is 102 Å². The molecule has 1 aromatic rings. The third kappa shape index (κ3) is 2.50. The number of Topliss-reactive ketones (excluding diaryl/α,β-unsaturated/α-hetero) is 1. The minimum atomic E-state index is -0.0166. The van der Waals surface area contributed by atoms with E-state index >= 15 is 0 Å². The van der Waals surface area contributed by atoms with Gasteiger partial charge in [0.05, 0.1) is 12.2 Å². The van der Waals surface area contributed by atoms with E-state index in [1.807, 2.05) is 32.2 Å². The van der Waals surface area contributed by atoms with Crippen molar-refractivity contribution in [2.24, 2.45) is 5.92 Å². The van der Waals surface area contributed by atoms with E-state index in [1.54, 1.807) is 0 Å². The Morgan fingerprint density at radius 1 is 1.53 bits per heavy atom. The smallest absolute Gasteiger partial charge is 0.170 e. The number of hydrogen-bond donors (Lipinski definition) is 1. The fourth-order valence-corrected chi connectivity index (χ4v) is 2.25. The monoisotopic (exact) mass is 233 g/mol. The molecule has 0 amide bonds. The number of carbonyl (C=O) groups excluding carboxylic acids is 1. The van der Waals surface area contributed by atoms with Gasteiger partial charge in [0, 0.05) is 12.5 Å². The number of rotatable bonds is 4. The topological polar surface area (TPSA) is 38.3 Å². The van der Waals surface area contributed by atoms with Crippen LogP contribution in [-0.2, 0) is 6.42 Å². The highest BCUT2D eigenvalue weighted by molar-refractivity contribution is 6.00. The van der Waals surface area contributed by atoms with Gasteiger partial charge in [0.1, 0.15) is 5.75 Å². The molecule has 0 saturated heterocycles. The summed E-state index contributed by atoms with van der Waals surface area (Å²) in [6.45, 7) is 3.36. The first-order chi connectivity index (χ1) is 8.24. The molecule has 0 bridgehead atoms. The molecule has 1 N–H and O–H groups in total. The van der Waals surface area contributed by atoms with Crippen LogP contribution in [-0.4, -0.2) is 26.0 Å². The third-order valence-corrected chi connectivity index (χ3v) is 3.16. The minimum Gasteiger partial charge on any atom is -0.493 e. The Hall–Kier alpha value is -1.35. The quantitative estimate of drug-likeness (QED) is 0.809. The number of fused-ring (bicyclic) bond motifs is 1. The Morgan fingerprint density at radius 2 is 2.35 bits per heavy atom. The molecule has 1 aromatic carbocycles. The third-order valence-electron chi connectivity index (χ3n) is 3.16. The molecule has 0 spiro atoms. The van der Waals surface area contributed by atoms with Gasteiger partial charge in [-0.25, -0.2) is 0 Å². The zero-order valence-corrected chi connectivity index (χ0v) is 10.5. The summed E-state index contributed by atoms with van der Waals surface area (Å²) in [5.74, 6) is 0.960. The fraction of sp³-hybridized carbons (Fsp3) is 0.500. The van der Waals surface area contributed by atoms with E-state index in [2.05, 4.69) is 5.32 Å². The SMILES string of the molecule is CNCC(C)C(=O)c1cccc2c1OCCC2. The second-order valence-corrected chi connectivity index (χ2v) is 4.57. The van der Waals surface area contributed by atoms with E-state index in [9.17, 15) is 4.79 Å². The average molecular weight is 233 g/mol. The summed E-state index contributed by atoms with van der Waals surface area (Å²) in [6, 6.07) is 5.87. The molecule has 1 heterocycles. The molecule has 3 nitrogen and oxygen atoms in total. The van der Waals surface area contributed by atoms with Crippen LogP contribution in [0.25, 0.3) is 0 Å². The van der Waals surface area contributed by atoms with Crippen LogP contribution in [0.3, 0.4) is 0 Å². The summed E-state index contributed by atoms with van der Waals surface area (Å²) < 4.78 is 5.66. The summed E-state index contributed by atoms with van der Waals surface area (Å²) in [5.41, 5.74) is 1.91. The lowest BCUT2D eigenvalue weighted by atomic mass is 9.94. The van der Waals surface area contributed by atoms with Gasteiger partial charge in [-0.15, -0.1) is 0 Å². The molecule has 92 valence electrons. The van der Waals surface area contributed by atoms with E-state index < -0.39 is 0 Å². The summed E-state index contributed by atoms with van der Waals surface area (Å²) in [6.07, 6.45) is 2.05. The molecule has 1 unspecified atom stereocenters. The van der Waals surface area contributed by atoms with Crippen LogP contribution in [0.15, 0.2) is 18.2 Å². The normalized spacial score (nSPS) is 15.9. The molecule has 0 aliphatic carbocycles. The second kappa shape index (κ2) is 5.32. The van der Waals surface area contributed by atoms with Gasteiger partial charge < -0.3 is 10.1 Å². The van der Waals surface area contributed by atoms with Crippen LogP contribution in [0.4, 0.5) is 0 Å². The lowest BCUT2D eigenvalue weighted by Gasteiger charge is -2.21. The predicted octanol–water partition coefficient (Wildman–Crippen LogP) is 2.05. The van der Waals surface area contributed by atoms with Gasteiger partial charge in [0.15, 0.2) is 5.78 Å². The fourth-order valence-electron chi connectivity index (χ4n) is 2.25. The average Bonchev–Trinajstić information content (AvgIpc) is 2.37. The van der Waals surface area contributed by atoms with Crippen molar-refractivity contribution in [2.45, 2.75) is 19.8 Å². The van der Waals surface area contributed by atoms with Crippen LogP contribution in [0.1, 0.15) is 29.3 Å². The van der Waals surface area contributed by atoms with Crippen molar-refractivity contribution in [3.05, 3.63) is 29.3 Å². The van der Waals surface area contributed by atoms with Crippen molar-refractivity contribution >= 4 is 5.78 Å². The highest BCUT2D eigenvalue weighted by atomic mass is 16.5. The molecule has 17 heavy (non-hydrogen) atoms. The number of aryl methyl sites for hydroxylation is 1. The lowest BCUT2D eigenvalue weighted by molar-refractivity contribution is 0.0925. The molecule has 0 radical (unpaired) electrons. The van der Waals surface area contributed by atoms with Gasteiger partial charge in [0.2, 0.25) is 0 Å². The van der Waals surface area contributed by atoms with Crippen molar-refractivity contribution in [1.29, 1.82) is 0 Å². The molecule has 3 heteroatoms. The molecule has 2 rings (SSSR count). The van der Waals surface area contributed by atoms with E-state index in [4.69, 9.17) is 4.74 Å². The Morgan fingerprint density at radius 3 is 3.12 bits per heavy atom. The number of nitrogens with one attached hydrogen (secondary N) is 1. The molecular formula is C14H19NO2. The standard InChI is InChI=1S/C14H19NO2/c1-10(9-15-2)13(16)12-7-3-5-11-6-4-8-17-14(11)12/h3,5,7,10,15H,4,6,8-9H2,1-2H3. The molecule has 1 atom stereocenters. The van der Waals surface area contributed by atoms with Gasteiger partial charge in [0.25, 0.3) is 0 Å². The van der Waals surface area contributed by atoms with E-state index in [1.165, 1.54) is 5.56 Å². The Kier molecular flexibility index (Phi) is 3.79. The lowest BCUT2D eigenvalue weighted by Crippen LogP contribution is -2.25. The number of para-hydroxylation sites is 1. The number of ether oxygens (including phenoxy) is 1. The van der Waals surface area contributed by atoms with Crippen LogP contribution in [0, 0.1) is 5.92 Å². The molecule has 1 aliphatic heterocycles. The van der Waals surface area contributed by atoms with E-state index in [0.29, 0.717) is 6.54 Å².